The smallest absolute Gasteiger partial charge is 0.230 e. The first-order chi connectivity index (χ1) is 14.1. The van der Waals surface area contributed by atoms with Gasteiger partial charge in [-0.2, -0.15) is 0 Å². The molecule has 158 valence electrons. The molecule has 0 spiro atoms. The van der Waals surface area contributed by atoms with E-state index < -0.39 is 0 Å². The van der Waals surface area contributed by atoms with Gasteiger partial charge in [0.2, 0.25) is 5.91 Å². The summed E-state index contributed by atoms with van der Waals surface area (Å²) in [5.41, 5.74) is 0.977. The zero-order valence-corrected chi connectivity index (χ0v) is 18.7. The van der Waals surface area contributed by atoms with Crippen molar-refractivity contribution in [1.29, 1.82) is 0 Å². The van der Waals surface area contributed by atoms with Crippen LogP contribution in [0.3, 0.4) is 0 Å². The minimum absolute atomic E-state index is 0.0714. The molecule has 29 heavy (non-hydrogen) atoms. The van der Waals surface area contributed by atoms with Crippen molar-refractivity contribution in [3.8, 4) is 5.75 Å². The largest absolute Gasteiger partial charge is 0.485 e. The number of halogens is 1. The standard InChI is InChI=1S/C21H29ClN4O2S/c1-3-26-19(13-28-18-11-10-16(22)12-15(18)2)24-25-21(26)29-14-20(27)23-17-8-6-4-5-7-9-17/h10-12,17H,3-9,13-14H2,1-2H3,(H,23,27). The Morgan fingerprint density at radius 2 is 2.03 bits per heavy atom. The molecule has 3 rings (SSSR count). The summed E-state index contributed by atoms with van der Waals surface area (Å²) in [5, 5.41) is 13.1. The first kappa shape index (κ1) is 22.0. The van der Waals surface area contributed by atoms with Gasteiger partial charge in [-0.3, -0.25) is 4.79 Å². The number of nitrogens with one attached hydrogen (secondary N) is 1. The molecular formula is C21H29ClN4O2S. The molecule has 0 aliphatic heterocycles. The summed E-state index contributed by atoms with van der Waals surface area (Å²) in [6.07, 6.45) is 7.15. The molecule has 1 aliphatic rings. The lowest BCUT2D eigenvalue weighted by molar-refractivity contribution is -0.119. The van der Waals surface area contributed by atoms with Gasteiger partial charge in [0.05, 0.1) is 5.75 Å². The fourth-order valence-electron chi connectivity index (χ4n) is 3.59. The van der Waals surface area contributed by atoms with E-state index >= 15 is 0 Å². The van der Waals surface area contributed by atoms with Gasteiger partial charge in [0, 0.05) is 17.6 Å². The molecule has 2 aromatic rings. The van der Waals surface area contributed by atoms with Gasteiger partial charge in [0.1, 0.15) is 12.4 Å². The van der Waals surface area contributed by atoms with Crippen LogP contribution in [0, 0.1) is 6.92 Å². The van der Waals surface area contributed by atoms with Gasteiger partial charge in [0.25, 0.3) is 0 Å². The molecule has 8 heteroatoms. The van der Waals surface area contributed by atoms with Crippen LogP contribution in [0.15, 0.2) is 23.4 Å². The molecular weight excluding hydrogens is 408 g/mol. The van der Waals surface area contributed by atoms with Gasteiger partial charge >= 0.3 is 0 Å². The average Bonchev–Trinajstić information content (AvgIpc) is 2.91. The number of ether oxygens (including phenoxy) is 1. The van der Waals surface area contributed by atoms with Crippen LogP contribution in [0.5, 0.6) is 5.75 Å². The van der Waals surface area contributed by atoms with E-state index in [-0.39, 0.29) is 5.91 Å². The molecule has 0 bridgehead atoms. The van der Waals surface area contributed by atoms with Crippen LogP contribution in [-0.2, 0) is 17.9 Å². The molecule has 1 heterocycles. The summed E-state index contributed by atoms with van der Waals surface area (Å²) in [5.74, 6) is 1.94. The normalized spacial score (nSPS) is 15.1. The summed E-state index contributed by atoms with van der Waals surface area (Å²) < 4.78 is 7.90. The van der Waals surface area contributed by atoms with Crippen LogP contribution in [0.1, 0.15) is 56.8 Å². The van der Waals surface area contributed by atoms with E-state index in [0.717, 1.165) is 41.7 Å². The lowest BCUT2D eigenvalue weighted by atomic mass is 10.1. The van der Waals surface area contributed by atoms with Crippen molar-refractivity contribution in [3.05, 3.63) is 34.6 Å². The number of hydrogen-bond donors (Lipinski definition) is 1. The zero-order chi connectivity index (χ0) is 20.6. The van der Waals surface area contributed by atoms with Crippen molar-refractivity contribution in [2.24, 2.45) is 0 Å². The van der Waals surface area contributed by atoms with Gasteiger partial charge in [-0.1, -0.05) is 49.0 Å². The molecule has 0 saturated heterocycles. The molecule has 0 atom stereocenters. The fraction of sp³-hybridized carbons (Fsp3) is 0.571. The first-order valence-corrected chi connectivity index (χ1v) is 11.7. The second-order valence-corrected chi connectivity index (χ2v) is 8.77. The minimum atomic E-state index is 0.0714. The van der Waals surface area contributed by atoms with E-state index in [2.05, 4.69) is 15.5 Å². The highest BCUT2D eigenvalue weighted by Crippen LogP contribution is 2.24. The third-order valence-corrected chi connectivity index (χ3v) is 6.36. The van der Waals surface area contributed by atoms with Crippen LogP contribution in [0.4, 0.5) is 0 Å². The number of benzene rings is 1. The summed E-state index contributed by atoms with van der Waals surface area (Å²) in [7, 11) is 0. The highest BCUT2D eigenvalue weighted by molar-refractivity contribution is 7.99. The van der Waals surface area contributed by atoms with Crippen LogP contribution in [-0.4, -0.2) is 32.5 Å². The van der Waals surface area contributed by atoms with Crippen LogP contribution in [0.2, 0.25) is 5.02 Å². The average molecular weight is 437 g/mol. The van der Waals surface area contributed by atoms with Crippen molar-refractivity contribution >= 4 is 29.3 Å². The van der Waals surface area contributed by atoms with Gasteiger partial charge in [0.15, 0.2) is 11.0 Å². The van der Waals surface area contributed by atoms with Gasteiger partial charge in [-0.15, -0.1) is 10.2 Å². The minimum Gasteiger partial charge on any atom is -0.485 e. The van der Waals surface area contributed by atoms with E-state index in [0.29, 0.717) is 23.4 Å². The molecule has 0 radical (unpaired) electrons. The van der Waals surface area contributed by atoms with E-state index in [1.165, 1.54) is 37.4 Å². The topological polar surface area (TPSA) is 69.0 Å². The highest BCUT2D eigenvalue weighted by atomic mass is 35.5. The predicted octanol–water partition coefficient (Wildman–Crippen LogP) is 4.77. The second-order valence-electron chi connectivity index (χ2n) is 7.39. The summed E-state index contributed by atoms with van der Waals surface area (Å²) in [6, 6.07) is 5.86. The molecule has 1 fully saturated rings. The summed E-state index contributed by atoms with van der Waals surface area (Å²) in [6.45, 7) is 5.03. The Balaban J connectivity index is 1.53. The Morgan fingerprint density at radius 3 is 2.72 bits per heavy atom. The Bertz CT molecular complexity index is 819. The van der Waals surface area contributed by atoms with Crippen LogP contribution >= 0.6 is 23.4 Å². The molecule has 1 aromatic carbocycles. The molecule has 1 N–H and O–H groups in total. The van der Waals surface area contributed by atoms with Crippen molar-refractivity contribution in [1.82, 2.24) is 20.1 Å². The number of carbonyl (C=O) groups excluding carboxylic acids is 1. The van der Waals surface area contributed by atoms with E-state index in [1.54, 1.807) is 0 Å². The summed E-state index contributed by atoms with van der Waals surface area (Å²) >= 11 is 7.42. The fourth-order valence-corrected chi connectivity index (χ4v) is 4.65. The Morgan fingerprint density at radius 1 is 1.28 bits per heavy atom. The Labute approximate surface area is 181 Å². The number of aromatic nitrogens is 3. The first-order valence-electron chi connectivity index (χ1n) is 10.3. The molecule has 6 nitrogen and oxygen atoms in total. The predicted molar refractivity (Wildman–Crippen MR) is 117 cm³/mol. The Hall–Kier alpha value is -1.73. The van der Waals surface area contributed by atoms with Crippen LogP contribution < -0.4 is 10.1 Å². The maximum absolute atomic E-state index is 12.4. The number of carbonyl (C=O) groups is 1. The number of rotatable bonds is 8. The van der Waals surface area contributed by atoms with Crippen molar-refractivity contribution in [3.63, 3.8) is 0 Å². The number of nitrogens with zero attached hydrogens (tertiary/aromatic N) is 3. The quantitative estimate of drug-likeness (QED) is 0.476. The number of hydrogen-bond acceptors (Lipinski definition) is 5. The lowest BCUT2D eigenvalue weighted by Gasteiger charge is -2.16. The van der Waals surface area contributed by atoms with Gasteiger partial charge < -0.3 is 14.6 Å². The van der Waals surface area contributed by atoms with Gasteiger partial charge in [-0.05, 0) is 50.5 Å². The zero-order valence-electron chi connectivity index (χ0n) is 17.1. The molecule has 1 amide bonds. The molecule has 1 saturated carbocycles. The van der Waals surface area contributed by atoms with Gasteiger partial charge in [-0.25, -0.2) is 0 Å². The number of thioether (sulfide) groups is 1. The Kier molecular flexibility index (Phi) is 8.24. The third-order valence-electron chi connectivity index (χ3n) is 5.16. The highest BCUT2D eigenvalue weighted by Gasteiger charge is 2.17. The monoisotopic (exact) mass is 436 g/mol. The van der Waals surface area contributed by atoms with E-state index in [9.17, 15) is 4.79 Å². The maximum atomic E-state index is 12.4. The van der Waals surface area contributed by atoms with Crippen molar-refractivity contribution < 1.29 is 9.53 Å². The maximum Gasteiger partial charge on any atom is 0.230 e. The van der Waals surface area contributed by atoms with Crippen molar-refractivity contribution in [2.75, 3.05) is 5.75 Å². The number of amides is 1. The molecule has 1 aromatic heterocycles. The third kappa shape index (κ3) is 6.37. The lowest BCUT2D eigenvalue weighted by Crippen LogP contribution is -2.35. The van der Waals surface area contributed by atoms with E-state index in [1.807, 2.05) is 36.6 Å². The van der Waals surface area contributed by atoms with E-state index in [4.69, 9.17) is 16.3 Å². The SMILES string of the molecule is CCn1c(COc2ccc(Cl)cc2C)nnc1SCC(=O)NC1CCCCCC1. The molecule has 1 aliphatic carbocycles. The second kappa shape index (κ2) is 10.9. The van der Waals surface area contributed by atoms with Crippen molar-refractivity contribution in [2.45, 2.75) is 76.7 Å². The number of aryl methyl sites for hydroxylation is 1. The summed E-state index contributed by atoms with van der Waals surface area (Å²) in [4.78, 5) is 12.4. The van der Waals surface area contributed by atoms with Crippen LogP contribution in [0.25, 0.3) is 0 Å². The molecule has 0 unspecified atom stereocenters.